The van der Waals surface area contributed by atoms with Crippen LogP contribution in [0.4, 0.5) is 16.2 Å². The van der Waals surface area contributed by atoms with Crippen molar-refractivity contribution in [3.63, 3.8) is 0 Å². The third kappa shape index (κ3) is 5.12. The Morgan fingerprint density at radius 2 is 1.59 bits per heavy atom. The Bertz CT molecular complexity index is 806. The summed E-state index contributed by atoms with van der Waals surface area (Å²) >= 11 is 0. The Morgan fingerprint density at radius 3 is 2.24 bits per heavy atom. The molecule has 1 saturated heterocycles. The van der Waals surface area contributed by atoms with E-state index in [1.807, 2.05) is 30.3 Å². The van der Waals surface area contributed by atoms with Crippen LogP contribution in [0.25, 0.3) is 0 Å². The fraction of sp³-hybridized carbons (Fsp3) is 0.409. The van der Waals surface area contributed by atoms with Crippen molar-refractivity contribution in [3.05, 3.63) is 48.5 Å². The lowest BCUT2D eigenvalue weighted by molar-refractivity contribution is 0.200. The van der Waals surface area contributed by atoms with Crippen LogP contribution in [0.3, 0.4) is 0 Å². The van der Waals surface area contributed by atoms with Gasteiger partial charge in [0.2, 0.25) is 0 Å². The van der Waals surface area contributed by atoms with Gasteiger partial charge in [0.25, 0.3) is 0 Å². The van der Waals surface area contributed by atoms with Gasteiger partial charge in [0.1, 0.15) is 11.5 Å². The van der Waals surface area contributed by atoms with E-state index in [0.29, 0.717) is 18.0 Å². The maximum absolute atomic E-state index is 11.7. The first-order valence-corrected chi connectivity index (χ1v) is 9.88. The lowest BCUT2D eigenvalue weighted by Crippen LogP contribution is -2.47. The third-order valence-corrected chi connectivity index (χ3v) is 5.26. The third-order valence-electron chi connectivity index (χ3n) is 5.26. The maximum atomic E-state index is 11.7. The maximum Gasteiger partial charge on any atom is 0.411 e. The molecule has 1 aliphatic rings. The molecule has 3 rings (SSSR count). The van der Waals surface area contributed by atoms with E-state index in [0.717, 1.165) is 50.6 Å². The van der Waals surface area contributed by atoms with E-state index >= 15 is 0 Å². The van der Waals surface area contributed by atoms with Crippen molar-refractivity contribution in [1.82, 2.24) is 4.90 Å². The van der Waals surface area contributed by atoms with E-state index in [1.165, 1.54) is 4.90 Å². The minimum absolute atomic E-state index is 0.433. The van der Waals surface area contributed by atoms with Gasteiger partial charge in [-0.05, 0) is 37.2 Å². The molecule has 1 N–H and O–H groups in total. The van der Waals surface area contributed by atoms with Crippen molar-refractivity contribution in [2.24, 2.45) is 0 Å². The summed E-state index contributed by atoms with van der Waals surface area (Å²) in [6.07, 6.45) is -0.200. The summed E-state index contributed by atoms with van der Waals surface area (Å²) in [7, 11) is 3.26. The van der Waals surface area contributed by atoms with Crippen LogP contribution in [0.2, 0.25) is 0 Å². The average molecular weight is 399 g/mol. The molecular weight excluding hydrogens is 370 g/mol. The minimum Gasteiger partial charge on any atom is -0.495 e. The molecule has 156 valence electrons. The summed E-state index contributed by atoms with van der Waals surface area (Å²) in [5.41, 5.74) is 1.71. The molecule has 0 aromatic heterocycles. The Kier molecular flexibility index (Phi) is 7.19. The number of methoxy groups -OCH3 is 2. The number of para-hydroxylation sites is 4. The van der Waals surface area contributed by atoms with Gasteiger partial charge < -0.3 is 19.5 Å². The fourth-order valence-corrected chi connectivity index (χ4v) is 3.73. The Labute approximate surface area is 172 Å². The molecule has 0 unspecified atom stereocenters. The van der Waals surface area contributed by atoms with E-state index < -0.39 is 6.09 Å². The van der Waals surface area contributed by atoms with Gasteiger partial charge in [-0.25, -0.2) is 4.79 Å². The summed E-state index contributed by atoms with van der Waals surface area (Å²) in [4.78, 5) is 17.8. The standard InChI is InChI=1S/C22H29N3O4/c1-28-20-10-5-3-8-18(20)24-16-14-23(15-17-24)12-7-13-25(22(26)27)19-9-4-6-11-21(19)29-2/h3-6,8-11H,7,12-17H2,1-2H3,(H,26,27). The van der Waals surface area contributed by atoms with Gasteiger partial charge in [0.05, 0.1) is 25.6 Å². The highest BCUT2D eigenvalue weighted by atomic mass is 16.5. The largest absolute Gasteiger partial charge is 0.495 e. The van der Waals surface area contributed by atoms with Gasteiger partial charge in [-0.15, -0.1) is 0 Å². The van der Waals surface area contributed by atoms with E-state index in [-0.39, 0.29) is 0 Å². The van der Waals surface area contributed by atoms with Crippen LogP contribution in [0.15, 0.2) is 48.5 Å². The molecule has 2 aromatic rings. The number of rotatable bonds is 8. The van der Waals surface area contributed by atoms with Crippen molar-refractivity contribution in [2.45, 2.75) is 6.42 Å². The topological polar surface area (TPSA) is 65.5 Å². The molecule has 0 atom stereocenters. The molecule has 7 heteroatoms. The minimum atomic E-state index is -0.963. The lowest BCUT2D eigenvalue weighted by atomic mass is 10.2. The van der Waals surface area contributed by atoms with Gasteiger partial charge in [0, 0.05) is 32.7 Å². The van der Waals surface area contributed by atoms with Gasteiger partial charge in [-0.1, -0.05) is 24.3 Å². The van der Waals surface area contributed by atoms with Crippen LogP contribution in [0.1, 0.15) is 6.42 Å². The highest BCUT2D eigenvalue weighted by molar-refractivity contribution is 5.88. The first-order valence-electron chi connectivity index (χ1n) is 9.88. The van der Waals surface area contributed by atoms with Crippen LogP contribution in [-0.4, -0.2) is 69.6 Å². The Balaban J connectivity index is 1.51. The number of carboxylic acid groups (broad SMARTS) is 1. The Morgan fingerprint density at radius 1 is 0.966 bits per heavy atom. The highest BCUT2D eigenvalue weighted by Gasteiger charge is 2.21. The monoisotopic (exact) mass is 399 g/mol. The van der Waals surface area contributed by atoms with Crippen LogP contribution < -0.4 is 19.3 Å². The van der Waals surface area contributed by atoms with Crippen LogP contribution >= 0.6 is 0 Å². The van der Waals surface area contributed by atoms with Crippen LogP contribution in [-0.2, 0) is 0 Å². The SMILES string of the molecule is COc1ccccc1N1CCN(CCCN(C(=O)O)c2ccccc2OC)CC1. The number of piperazine rings is 1. The van der Waals surface area contributed by atoms with Crippen molar-refractivity contribution < 1.29 is 19.4 Å². The van der Waals surface area contributed by atoms with Crippen LogP contribution in [0, 0.1) is 0 Å². The van der Waals surface area contributed by atoms with Gasteiger partial charge >= 0.3 is 6.09 Å². The zero-order valence-corrected chi connectivity index (χ0v) is 17.1. The van der Waals surface area contributed by atoms with Crippen LogP contribution in [0.5, 0.6) is 11.5 Å². The van der Waals surface area contributed by atoms with Crippen molar-refractivity contribution in [3.8, 4) is 11.5 Å². The normalized spacial score (nSPS) is 14.5. The molecule has 0 saturated carbocycles. The molecule has 1 fully saturated rings. The van der Waals surface area contributed by atoms with Crippen molar-refractivity contribution in [2.75, 3.05) is 63.3 Å². The number of nitrogens with zero attached hydrogens (tertiary/aromatic N) is 3. The highest BCUT2D eigenvalue weighted by Crippen LogP contribution is 2.29. The zero-order valence-electron chi connectivity index (χ0n) is 17.1. The van der Waals surface area contributed by atoms with E-state index in [4.69, 9.17) is 9.47 Å². The molecule has 7 nitrogen and oxygen atoms in total. The second-order valence-electron chi connectivity index (χ2n) is 6.96. The first-order chi connectivity index (χ1) is 14.1. The summed E-state index contributed by atoms with van der Waals surface area (Å²) in [6, 6.07) is 15.3. The number of benzene rings is 2. The smallest absolute Gasteiger partial charge is 0.411 e. The summed E-state index contributed by atoms with van der Waals surface area (Å²) < 4.78 is 10.8. The van der Waals surface area contributed by atoms with E-state index in [2.05, 4.69) is 15.9 Å². The average Bonchev–Trinajstić information content (AvgIpc) is 2.77. The Hall–Kier alpha value is -2.93. The number of amides is 1. The second-order valence-corrected chi connectivity index (χ2v) is 6.96. The van der Waals surface area contributed by atoms with Gasteiger partial charge in [-0.2, -0.15) is 0 Å². The predicted octanol–water partition coefficient (Wildman–Crippen LogP) is 3.40. The number of ether oxygens (including phenoxy) is 2. The number of hydrogen-bond acceptors (Lipinski definition) is 5. The molecule has 0 spiro atoms. The molecule has 0 aliphatic carbocycles. The molecule has 29 heavy (non-hydrogen) atoms. The van der Waals surface area contributed by atoms with E-state index in [9.17, 15) is 9.90 Å². The summed E-state index contributed by atoms with van der Waals surface area (Å²) in [5.74, 6) is 1.47. The summed E-state index contributed by atoms with van der Waals surface area (Å²) in [6.45, 7) is 5.03. The molecule has 1 aliphatic heterocycles. The van der Waals surface area contributed by atoms with Gasteiger partial charge in [-0.3, -0.25) is 9.80 Å². The first kappa shape index (κ1) is 20.8. The quantitative estimate of drug-likeness (QED) is 0.734. The van der Waals surface area contributed by atoms with Crippen molar-refractivity contribution in [1.29, 1.82) is 0 Å². The fourth-order valence-electron chi connectivity index (χ4n) is 3.73. The van der Waals surface area contributed by atoms with E-state index in [1.54, 1.807) is 26.4 Å². The number of hydrogen-bond donors (Lipinski definition) is 1. The second kappa shape index (κ2) is 10.0. The molecule has 0 bridgehead atoms. The zero-order chi connectivity index (χ0) is 20.6. The molecule has 0 radical (unpaired) electrons. The summed E-state index contributed by atoms with van der Waals surface area (Å²) in [5, 5.41) is 9.63. The van der Waals surface area contributed by atoms with Crippen molar-refractivity contribution >= 4 is 17.5 Å². The lowest BCUT2D eigenvalue weighted by Gasteiger charge is -2.36. The number of carbonyl (C=O) groups is 1. The molecule has 2 aromatic carbocycles. The number of anilines is 2. The van der Waals surface area contributed by atoms with Gasteiger partial charge in [0.15, 0.2) is 0 Å². The molecule has 1 heterocycles. The predicted molar refractivity (Wildman–Crippen MR) is 115 cm³/mol. The molecule has 1 amide bonds. The molecular formula is C22H29N3O4.